The van der Waals surface area contributed by atoms with Crippen molar-refractivity contribution in [2.45, 2.75) is 38.5 Å². The van der Waals surface area contributed by atoms with E-state index in [-0.39, 0.29) is 12.3 Å². The number of hydrogen-bond acceptors (Lipinski definition) is 4. The molecule has 0 radical (unpaired) electrons. The SMILES string of the molecule is COc1ccc(C(C)(C)C(=O)NCCCCC(=O)O)cc1OC. The molecule has 2 N–H and O–H groups in total. The van der Waals surface area contributed by atoms with Crippen molar-refractivity contribution in [2.24, 2.45) is 0 Å². The summed E-state index contributed by atoms with van der Waals surface area (Å²) in [6.07, 6.45) is 1.31. The summed E-state index contributed by atoms with van der Waals surface area (Å²) in [5.74, 6) is 0.260. The number of unbranched alkanes of at least 4 members (excludes halogenated alkanes) is 1. The minimum Gasteiger partial charge on any atom is -0.493 e. The second-order valence-electron chi connectivity index (χ2n) is 5.80. The van der Waals surface area contributed by atoms with E-state index in [0.29, 0.717) is 30.9 Å². The Morgan fingerprint density at radius 3 is 2.35 bits per heavy atom. The highest BCUT2D eigenvalue weighted by Crippen LogP contribution is 2.33. The van der Waals surface area contributed by atoms with Gasteiger partial charge in [0, 0.05) is 13.0 Å². The highest BCUT2D eigenvalue weighted by atomic mass is 16.5. The number of rotatable bonds is 9. The monoisotopic (exact) mass is 323 g/mol. The standard InChI is InChI=1S/C17H25NO5/c1-17(2,16(21)18-10-6-5-7-15(19)20)12-8-9-13(22-3)14(11-12)23-4/h8-9,11H,5-7,10H2,1-4H3,(H,18,21)(H,19,20). The molecule has 1 amide bonds. The summed E-state index contributed by atoms with van der Waals surface area (Å²) in [7, 11) is 3.11. The Hall–Kier alpha value is -2.24. The zero-order chi connectivity index (χ0) is 17.5. The number of nitrogens with one attached hydrogen (secondary N) is 1. The highest BCUT2D eigenvalue weighted by molar-refractivity contribution is 5.87. The van der Waals surface area contributed by atoms with Gasteiger partial charge in [-0.25, -0.2) is 0 Å². The highest BCUT2D eigenvalue weighted by Gasteiger charge is 2.30. The molecule has 23 heavy (non-hydrogen) atoms. The molecule has 0 aliphatic heterocycles. The number of ether oxygens (including phenoxy) is 2. The molecule has 1 aromatic carbocycles. The lowest BCUT2D eigenvalue weighted by Gasteiger charge is -2.25. The van der Waals surface area contributed by atoms with Crippen LogP contribution in [0.5, 0.6) is 11.5 Å². The molecule has 0 aliphatic rings. The van der Waals surface area contributed by atoms with Gasteiger partial charge in [-0.2, -0.15) is 0 Å². The van der Waals surface area contributed by atoms with E-state index >= 15 is 0 Å². The third kappa shape index (κ3) is 5.16. The van der Waals surface area contributed by atoms with Crippen molar-refractivity contribution in [1.82, 2.24) is 5.32 Å². The predicted molar refractivity (Wildman–Crippen MR) is 87.1 cm³/mol. The largest absolute Gasteiger partial charge is 0.493 e. The minimum absolute atomic E-state index is 0.111. The normalized spacial score (nSPS) is 11.0. The molecular weight excluding hydrogens is 298 g/mol. The second kappa shape index (κ2) is 8.41. The number of aliphatic carboxylic acids is 1. The summed E-state index contributed by atoms with van der Waals surface area (Å²) < 4.78 is 10.5. The molecule has 0 saturated carbocycles. The fraction of sp³-hybridized carbons (Fsp3) is 0.529. The van der Waals surface area contributed by atoms with E-state index in [1.165, 1.54) is 0 Å². The average Bonchev–Trinajstić information content (AvgIpc) is 2.53. The summed E-state index contributed by atoms with van der Waals surface area (Å²) in [6, 6.07) is 5.41. The Balaban J connectivity index is 2.69. The van der Waals surface area contributed by atoms with E-state index in [0.717, 1.165) is 5.56 Å². The predicted octanol–water partition coefficient (Wildman–Crippen LogP) is 2.35. The first-order valence-corrected chi connectivity index (χ1v) is 7.55. The molecule has 0 fully saturated rings. The van der Waals surface area contributed by atoms with Crippen LogP contribution >= 0.6 is 0 Å². The van der Waals surface area contributed by atoms with Gasteiger partial charge < -0.3 is 19.9 Å². The van der Waals surface area contributed by atoms with E-state index in [1.807, 2.05) is 19.9 Å². The number of carbonyl (C=O) groups is 2. The fourth-order valence-electron chi connectivity index (χ4n) is 2.18. The lowest BCUT2D eigenvalue weighted by Crippen LogP contribution is -2.40. The average molecular weight is 323 g/mol. The van der Waals surface area contributed by atoms with Crippen LogP contribution in [0.4, 0.5) is 0 Å². The molecular formula is C17H25NO5. The Bertz CT molecular complexity index is 554. The Morgan fingerprint density at radius 1 is 1.13 bits per heavy atom. The molecule has 0 bridgehead atoms. The van der Waals surface area contributed by atoms with Crippen molar-refractivity contribution in [3.63, 3.8) is 0 Å². The Labute approximate surface area is 136 Å². The molecule has 128 valence electrons. The quantitative estimate of drug-likeness (QED) is 0.681. The maximum atomic E-state index is 12.4. The van der Waals surface area contributed by atoms with Crippen LogP contribution < -0.4 is 14.8 Å². The molecule has 6 heteroatoms. The fourth-order valence-corrected chi connectivity index (χ4v) is 2.18. The number of benzene rings is 1. The lowest BCUT2D eigenvalue weighted by atomic mass is 9.83. The molecule has 6 nitrogen and oxygen atoms in total. The summed E-state index contributed by atoms with van der Waals surface area (Å²) >= 11 is 0. The van der Waals surface area contributed by atoms with E-state index in [9.17, 15) is 9.59 Å². The summed E-state index contributed by atoms with van der Waals surface area (Å²) in [5, 5.41) is 11.4. The van der Waals surface area contributed by atoms with Crippen LogP contribution in [-0.2, 0) is 15.0 Å². The first kappa shape index (κ1) is 18.8. The number of carboxylic acids is 1. The molecule has 0 aliphatic carbocycles. The van der Waals surface area contributed by atoms with Gasteiger partial charge in [-0.15, -0.1) is 0 Å². The summed E-state index contributed by atoms with van der Waals surface area (Å²) in [5.41, 5.74) is 0.0880. The zero-order valence-corrected chi connectivity index (χ0v) is 14.1. The molecule has 0 unspecified atom stereocenters. The maximum absolute atomic E-state index is 12.4. The topological polar surface area (TPSA) is 84.9 Å². The van der Waals surface area contributed by atoms with E-state index in [1.54, 1.807) is 26.4 Å². The minimum atomic E-state index is -0.818. The molecule has 0 heterocycles. The number of carbonyl (C=O) groups excluding carboxylic acids is 1. The van der Waals surface area contributed by atoms with Gasteiger partial charge in [0.15, 0.2) is 11.5 Å². The van der Waals surface area contributed by atoms with Crippen molar-refractivity contribution >= 4 is 11.9 Å². The zero-order valence-electron chi connectivity index (χ0n) is 14.1. The van der Waals surface area contributed by atoms with Gasteiger partial charge >= 0.3 is 5.97 Å². The molecule has 0 spiro atoms. The third-order valence-corrected chi connectivity index (χ3v) is 3.78. The van der Waals surface area contributed by atoms with Crippen LogP contribution in [0.3, 0.4) is 0 Å². The Kier molecular flexibility index (Phi) is 6.88. The summed E-state index contributed by atoms with van der Waals surface area (Å²) in [6.45, 7) is 4.13. The van der Waals surface area contributed by atoms with Crippen molar-refractivity contribution in [2.75, 3.05) is 20.8 Å². The van der Waals surface area contributed by atoms with Crippen molar-refractivity contribution < 1.29 is 24.2 Å². The van der Waals surface area contributed by atoms with Crippen LogP contribution in [-0.4, -0.2) is 37.7 Å². The van der Waals surface area contributed by atoms with Gasteiger partial charge in [-0.3, -0.25) is 9.59 Å². The first-order valence-electron chi connectivity index (χ1n) is 7.55. The number of amides is 1. The molecule has 1 rings (SSSR count). The van der Waals surface area contributed by atoms with Crippen LogP contribution in [0.15, 0.2) is 18.2 Å². The lowest BCUT2D eigenvalue weighted by molar-refractivity contribution is -0.137. The van der Waals surface area contributed by atoms with Gasteiger partial charge in [0.2, 0.25) is 5.91 Å². The van der Waals surface area contributed by atoms with Gasteiger partial charge in [-0.05, 0) is 44.4 Å². The van der Waals surface area contributed by atoms with Gasteiger partial charge in [0.05, 0.1) is 19.6 Å². The maximum Gasteiger partial charge on any atom is 0.303 e. The van der Waals surface area contributed by atoms with Crippen LogP contribution in [0.25, 0.3) is 0 Å². The number of hydrogen-bond donors (Lipinski definition) is 2. The van der Waals surface area contributed by atoms with Crippen molar-refractivity contribution in [3.8, 4) is 11.5 Å². The van der Waals surface area contributed by atoms with Crippen LogP contribution in [0, 0.1) is 0 Å². The van der Waals surface area contributed by atoms with Crippen LogP contribution in [0.1, 0.15) is 38.7 Å². The molecule has 0 aromatic heterocycles. The molecule has 1 aromatic rings. The van der Waals surface area contributed by atoms with Crippen molar-refractivity contribution in [3.05, 3.63) is 23.8 Å². The molecule has 0 saturated heterocycles. The number of carboxylic acid groups (broad SMARTS) is 1. The smallest absolute Gasteiger partial charge is 0.303 e. The third-order valence-electron chi connectivity index (χ3n) is 3.78. The van der Waals surface area contributed by atoms with Gasteiger partial charge in [-0.1, -0.05) is 6.07 Å². The van der Waals surface area contributed by atoms with E-state index < -0.39 is 11.4 Å². The van der Waals surface area contributed by atoms with Crippen molar-refractivity contribution in [1.29, 1.82) is 0 Å². The van der Waals surface area contributed by atoms with E-state index in [4.69, 9.17) is 14.6 Å². The first-order chi connectivity index (χ1) is 10.8. The Morgan fingerprint density at radius 2 is 1.78 bits per heavy atom. The molecule has 0 atom stereocenters. The van der Waals surface area contributed by atoms with Gasteiger partial charge in [0.1, 0.15) is 0 Å². The van der Waals surface area contributed by atoms with Gasteiger partial charge in [0.25, 0.3) is 0 Å². The summed E-state index contributed by atoms with van der Waals surface area (Å²) in [4.78, 5) is 22.9. The van der Waals surface area contributed by atoms with Crippen LogP contribution in [0.2, 0.25) is 0 Å². The van der Waals surface area contributed by atoms with E-state index in [2.05, 4.69) is 5.32 Å². The second-order valence-corrected chi connectivity index (χ2v) is 5.80. The number of methoxy groups -OCH3 is 2.